The largest absolute Gasteiger partial charge is 0.508 e. The van der Waals surface area contributed by atoms with Crippen molar-refractivity contribution < 1.29 is 15.0 Å². The Balaban J connectivity index is 2.00. The van der Waals surface area contributed by atoms with E-state index in [0.717, 1.165) is 30.5 Å². The van der Waals surface area contributed by atoms with Crippen LogP contribution in [0.4, 0.5) is 5.69 Å². The molecule has 0 saturated heterocycles. The van der Waals surface area contributed by atoms with E-state index in [4.69, 9.17) is 5.11 Å². The van der Waals surface area contributed by atoms with Crippen LogP contribution < -0.4 is 5.32 Å². The van der Waals surface area contributed by atoms with E-state index in [1.165, 1.54) is 0 Å². The lowest BCUT2D eigenvalue weighted by molar-refractivity contribution is -0.142. The van der Waals surface area contributed by atoms with E-state index in [-0.39, 0.29) is 17.7 Å². The first-order valence-electron chi connectivity index (χ1n) is 6.35. The summed E-state index contributed by atoms with van der Waals surface area (Å²) in [7, 11) is 0. The molecule has 1 aromatic rings. The smallest absolute Gasteiger partial charge is 0.306 e. The van der Waals surface area contributed by atoms with Crippen LogP contribution in [0.15, 0.2) is 18.2 Å². The number of phenolic OH excluding ortho intramolecular Hbond substituents is 1. The molecule has 0 aromatic heterocycles. The van der Waals surface area contributed by atoms with Crippen LogP contribution >= 0.6 is 0 Å². The summed E-state index contributed by atoms with van der Waals surface area (Å²) in [5.74, 6) is -0.634. The van der Waals surface area contributed by atoms with Crippen LogP contribution in [0.25, 0.3) is 0 Å². The van der Waals surface area contributed by atoms with Gasteiger partial charge in [-0.25, -0.2) is 0 Å². The summed E-state index contributed by atoms with van der Waals surface area (Å²) in [6, 6.07) is 5.59. The molecule has 1 fully saturated rings. The van der Waals surface area contributed by atoms with Gasteiger partial charge in [-0.15, -0.1) is 0 Å². The van der Waals surface area contributed by atoms with Crippen LogP contribution in [0.3, 0.4) is 0 Å². The highest BCUT2D eigenvalue weighted by atomic mass is 16.4. The fourth-order valence-corrected chi connectivity index (χ4v) is 2.53. The summed E-state index contributed by atoms with van der Waals surface area (Å²) < 4.78 is 0. The number of hydrogen-bond acceptors (Lipinski definition) is 3. The lowest BCUT2D eigenvalue weighted by Gasteiger charge is -2.28. The number of benzene rings is 1. The molecule has 0 radical (unpaired) electrons. The molecule has 1 aliphatic rings. The molecule has 98 valence electrons. The molecule has 1 aromatic carbocycles. The van der Waals surface area contributed by atoms with E-state index in [2.05, 4.69) is 5.32 Å². The number of aryl methyl sites for hydroxylation is 1. The normalized spacial score (nSPS) is 23.6. The number of carbonyl (C=O) groups is 1. The monoisotopic (exact) mass is 249 g/mol. The first-order valence-corrected chi connectivity index (χ1v) is 6.35. The Hall–Kier alpha value is -1.71. The van der Waals surface area contributed by atoms with E-state index in [1.54, 1.807) is 6.07 Å². The number of hydrogen-bond donors (Lipinski definition) is 3. The molecular formula is C14H19NO3. The predicted octanol–water partition coefficient (Wildman–Crippen LogP) is 2.76. The predicted molar refractivity (Wildman–Crippen MR) is 69.8 cm³/mol. The second kappa shape index (κ2) is 5.29. The number of aliphatic carboxylic acids is 1. The van der Waals surface area contributed by atoms with Gasteiger partial charge in [-0.05, 0) is 49.9 Å². The van der Waals surface area contributed by atoms with Gasteiger partial charge < -0.3 is 15.5 Å². The molecular weight excluding hydrogens is 230 g/mol. The summed E-state index contributed by atoms with van der Waals surface area (Å²) in [5.41, 5.74) is 1.77. The maximum Gasteiger partial charge on any atom is 0.306 e. The third-order valence-corrected chi connectivity index (χ3v) is 3.59. The molecule has 1 saturated carbocycles. The second-order valence-corrected chi connectivity index (χ2v) is 5.04. The standard InChI is InChI=1S/C14H19NO3/c1-9-7-12(5-6-13(9)16)15-11-4-2-3-10(8-11)14(17)18/h5-7,10-11,15-16H,2-4,8H2,1H3,(H,17,18). The molecule has 3 N–H and O–H groups in total. The third kappa shape index (κ3) is 2.94. The van der Waals surface area contributed by atoms with Crippen molar-refractivity contribution in [3.63, 3.8) is 0 Å². The minimum Gasteiger partial charge on any atom is -0.508 e. The van der Waals surface area contributed by atoms with Gasteiger partial charge in [0.05, 0.1) is 5.92 Å². The van der Waals surface area contributed by atoms with Crippen LogP contribution in [-0.2, 0) is 4.79 Å². The average molecular weight is 249 g/mol. The maximum atomic E-state index is 11.0. The van der Waals surface area contributed by atoms with Gasteiger partial charge in [0.2, 0.25) is 0 Å². The van der Waals surface area contributed by atoms with Gasteiger partial charge in [0.15, 0.2) is 0 Å². The van der Waals surface area contributed by atoms with Crippen molar-refractivity contribution in [2.75, 3.05) is 5.32 Å². The second-order valence-electron chi connectivity index (χ2n) is 5.04. The molecule has 1 aliphatic carbocycles. The Morgan fingerprint density at radius 3 is 2.83 bits per heavy atom. The molecule has 2 rings (SSSR count). The van der Waals surface area contributed by atoms with Crippen LogP contribution in [-0.4, -0.2) is 22.2 Å². The molecule has 0 bridgehead atoms. The van der Waals surface area contributed by atoms with Gasteiger partial charge in [-0.2, -0.15) is 0 Å². The molecule has 4 nitrogen and oxygen atoms in total. The molecule has 0 spiro atoms. The van der Waals surface area contributed by atoms with E-state index >= 15 is 0 Å². The van der Waals surface area contributed by atoms with Crippen LogP contribution in [0, 0.1) is 12.8 Å². The van der Waals surface area contributed by atoms with Crippen molar-refractivity contribution in [1.29, 1.82) is 0 Å². The minimum absolute atomic E-state index is 0.212. The zero-order chi connectivity index (χ0) is 13.1. The first kappa shape index (κ1) is 12.7. The highest BCUT2D eigenvalue weighted by Crippen LogP contribution is 2.28. The molecule has 2 unspecified atom stereocenters. The highest BCUT2D eigenvalue weighted by molar-refractivity contribution is 5.70. The summed E-state index contributed by atoms with van der Waals surface area (Å²) in [6.45, 7) is 1.85. The minimum atomic E-state index is -0.691. The summed E-state index contributed by atoms with van der Waals surface area (Å²) >= 11 is 0. The first-order chi connectivity index (χ1) is 8.56. The lowest BCUT2D eigenvalue weighted by atomic mass is 9.85. The number of rotatable bonds is 3. The Kier molecular flexibility index (Phi) is 3.75. The highest BCUT2D eigenvalue weighted by Gasteiger charge is 2.26. The average Bonchev–Trinajstić information content (AvgIpc) is 2.34. The Bertz CT molecular complexity index is 445. The van der Waals surface area contributed by atoms with Crippen molar-refractivity contribution in [2.24, 2.45) is 5.92 Å². The number of carboxylic acid groups (broad SMARTS) is 1. The van der Waals surface area contributed by atoms with Crippen LogP contribution in [0.5, 0.6) is 5.75 Å². The van der Waals surface area contributed by atoms with E-state index < -0.39 is 5.97 Å². The fourth-order valence-electron chi connectivity index (χ4n) is 2.53. The van der Waals surface area contributed by atoms with Crippen molar-refractivity contribution in [3.8, 4) is 5.75 Å². The SMILES string of the molecule is Cc1cc(NC2CCCC(C(=O)O)C2)ccc1O. The van der Waals surface area contributed by atoms with Gasteiger partial charge in [0.25, 0.3) is 0 Å². The van der Waals surface area contributed by atoms with Crippen molar-refractivity contribution in [3.05, 3.63) is 23.8 Å². The quantitative estimate of drug-likeness (QED) is 0.720. The number of aromatic hydroxyl groups is 1. The van der Waals surface area contributed by atoms with Crippen molar-refractivity contribution >= 4 is 11.7 Å². The van der Waals surface area contributed by atoms with Gasteiger partial charge in [0.1, 0.15) is 5.75 Å². The summed E-state index contributed by atoms with van der Waals surface area (Å²) in [4.78, 5) is 11.0. The number of phenols is 1. The van der Waals surface area contributed by atoms with E-state index in [9.17, 15) is 9.90 Å². The number of nitrogens with one attached hydrogen (secondary N) is 1. The zero-order valence-corrected chi connectivity index (χ0v) is 10.5. The molecule has 4 heteroatoms. The Labute approximate surface area is 107 Å². The van der Waals surface area contributed by atoms with Crippen molar-refractivity contribution in [2.45, 2.75) is 38.6 Å². The van der Waals surface area contributed by atoms with Gasteiger partial charge >= 0.3 is 5.97 Å². The van der Waals surface area contributed by atoms with Gasteiger partial charge in [-0.1, -0.05) is 6.42 Å². The Morgan fingerprint density at radius 2 is 2.17 bits per heavy atom. The summed E-state index contributed by atoms with van der Waals surface area (Å²) in [5, 5.41) is 21.9. The van der Waals surface area contributed by atoms with Gasteiger partial charge in [-0.3, -0.25) is 4.79 Å². The Morgan fingerprint density at radius 1 is 1.39 bits per heavy atom. The zero-order valence-electron chi connectivity index (χ0n) is 10.5. The third-order valence-electron chi connectivity index (χ3n) is 3.59. The van der Waals surface area contributed by atoms with E-state index in [0.29, 0.717) is 6.42 Å². The van der Waals surface area contributed by atoms with Crippen LogP contribution in [0.1, 0.15) is 31.2 Å². The number of anilines is 1. The topological polar surface area (TPSA) is 69.6 Å². The molecule has 0 aliphatic heterocycles. The van der Waals surface area contributed by atoms with Crippen LogP contribution in [0.2, 0.25) is 0 Å². The summed E-state index contributed by atoms with van der Waals surface area (Å²) in [6.07, 6.45) is 3.41. The van der Waals surface area contributed by atoms with Crippen molar-refractivity contribution in [1.82, 2.24) is 0 Å². The number of carboxylic acids is 1. The lowest BCUT2D eigenvalue weighted by Crippen LogP contribution is -2.30. The van der Waals surface area contributed by atoms with E-state index in [1.807, 2.05) is 19.1 Å². The maximum absolute atomic E-state index is 11.0. The molecule has 2 atom stereocenters. The molecule has 0 heterocycles. The fraction of sp³-hybridized carbons (Fsp3) is 0.500. The molecule has 0 amide bonds. The van der Waals surface area contributed by atoms with Gasteiger partial charge in [0, 0.05) is 11.7 Å². The molecule has 18 heavy (non-hydrogen) atoms.